The molecule has 2 heterocycles. The first kappa shape index (κ1) is 19.8. The van der Waals surface area contributed by atoms with Crippen LogP contribution >= 0.6 is 11.8 Å². The van der Waals surface area contributed by atoms with Gasteiger partial charge in [-0.1, -0.05) is 42.1 Å². The van der Waals surface area contributed by atoms with Crippen LogP contribution in [0.2, 0.25) is 0 Å². The number of carbonyl (C=O) groups is 1. The van der Waals surface area contributed by atoms with Gasteiger partial charge in [0, 0.05) is 23.0 Å². The van der Waals surface area contributed by atoms with E-state index in [4.69, 9.17) is 0 Å². The number of rotatable bonds is 4. The molecule has 1 fully saturated rings. The van der Waals surface area contributed by atoms with Gasteiger partial charge in [0.2, 0.25) is 5.91 Å². The van der Waals surface area contributed by atoms with Crippen molar-refractivity contribution < 1.29 is 9.18 Å². The fourth-order valence-electron chi connectivity index (χ4n) is 4.02. The number of fused-ring (bicyclic) bond motifs is 1. The largest absolute Gasteiger partial charge is 0.337 e. The van der Waals surface area contributed by atoms with Crippen LogP contribution in [0.1, 0.15) is 33.1 Å². The van der Waals surface area contributed by atoms with E-state index in [9.17, 15) is 9.18 Å². The number of hydrogen-bond donors (Lipinski definition) is 0. The van der Waals surface area contributed by atoms with Crippen molar-refractivity contribution in [2.75, 3.05) is 5.75 Å². The summed E-state index contributed by atoms with van der Waals surface area (Å²) in [5.41, 5.74) is 1.57. The first-order valence-electron chi connectivity index (χ1n) is 9.99. The lowest BCUT2D eigenvalue weighted by Gasteiger charge is -2.39. The summed E-state index contributed by atoms with van der Waals surface area (Å²) in [6, 6.07) is 14.7. The Bertz CT molecular complexity index is 1020. The molecule has 6 heteroatoms. The number of thioether (sulfide) groups is 1. The highest BCUT2D eigenvalue weighted by Crippen LogP contribution is 2.30. The van der Waals surface area contributed by atoms with Crippen LogP contribution in [0, 0.1) is 5.82 Å². The van der Waals surface area contributed by atoms with E-state index in [1.165, 1.54) is 23.9 Å². The molecule has 2 aromatic carbocycles. The smallest absolute Gasteiger partial charge is 0.233 e. The Labute approximate surface area is 174 Å². The lowest BCUT2D eigenvalue weighted by Crippen LogP contribution is -2.48. The third kappa shape index (κ3) is 4.27. The molecule has 2 unspecified atom stereocenters. The number of benzene rings is 2. The van der Waals surface area contributed by atoms with Gasteiger partial charge in [-0.3, -0.25) is 4.79 Å². The fraction of sp³-hybridized carbons (Fsp3) is 0.348. The van der Waals surface area contributed by atoms with Crippen molar-refractivity contribution in [1.29, 1.82) is 0 Å². The van der Waals surface area contributed by atoms with Crippen molar-refractivity contribution in [2.45, 2.75) is 50.2 Å². The maximum atomic E-state index is 13.9. The third-order valence-electron chi connectivity index (χ3n) is 5.47. The highest BCUT2D eigenvalue weighted by atomic mass is 32.2. The molecule has 0 spiro atoms. The summed E-state index contributed by atoms with van der Waals surface area (Å²) >= 11 is 1.36. The quantitative estimate of drug-likeness (QED) is 0.432. The van der Waals surface area contributed by atoms with Crippen LogP contribution in [-0.4, -0.2) is 38.6 Å². The molecule has 0 radical (unpaired) electrons. The first-order chi connectivity index (χ1) is 14.0. The van der Waals surface area contributed by atoms with Gasteiger partial charge in [0.05, 0.1) is 11.3 Å². The molecular weight excluding hydrogens is 385 g/mol. The predicted octanol–water partition coefficient (Wildman–Crippen LogP) is 5.32. The van der Waals surface area contributed by atoms with Crippen molar-refractivity contribution in [1.82, 2.24) is 14.9 Å². The van der Waals surface area contributed by atoms with Gasteiger partial charge in [0.25, 0.3) is 0 Å². The van der Waals surface area contributed by atoms with E-state index in [2.05, 4.69) is 23.8 Å². The third-order valence-corrected chi connectivity index (χ3v) is 6.44. The highest BCUT2D eigenvalue weighted by molar-refractivity contribution is 8.00. The lowest BCUT2D eigenvalue weighted by molar-refractivity contribution is -0.134. The molecule has 1 aliphatic heterocycles. The van der Waals surface area contributed by atoms with Gasteiger partial charge in [-0.25, -0.2) is 14.4 Å². The number of aromatic nitrogens is 2. The molecule has 1 saturated heterocycles. The summed E-state index contributed by atoms with van der Waals surface area (Å²) < 4.78 is 13.9. The molecule has 150 valence electrons. The van der Waals surface area contributed by atoms with E-state index < -0.39 is 0 Å². The minimum Gasteiger partial charge on any atom is -0.337 e. The second kappa shape index (κ2) is 8.49. The van der Waals surface area contributed by atoms with Crippen molar-refractivity contribution in [2.24, 2.45) is 0 Å². The SMILES string of the molecule is CC1CCCC(C)N1C(=O)CSc1nc(-c2ccccc2)nc2ccc(F)cc12. The van der Waals surface area contributed by atoms with Crippen LogP contribution in [0.25, 0.3) is 22.3 Å². The molecule has 3 aromatic rings. The Morgan fingerprint density at radius 2 is 1.83 bits per heavy atom. The van der Waals surface area contributed by atoms with Gasteiger partial charge in [-0.2, -0.15) is 0 Å². The fourth-order valence-corrected chi connectivity index (χ4v) is 4.90. The summed E-state index contributed by atoms with van der Waals surface area (Å²) in [5, 5.41) is 1.28. The monoisotopic (exact) mass is 409 g/mol. The van der Waals surface area contributed by atoms with Gasteiger partial charge in [-0.05, 0) is 51.3 Å². The molecule has 2 atom stereocenters. The Kier molecular flexibility index (Phi) is 5.81. The minimum absolute atomic E-state index is 0.110. The Hall–Kier alpha value is -2.47. The number of piperidine rings is 1. The number of nitrogens with zero attached hydrogens (tertiary/aromatic N) is 3. The maximum absolute atomic E-state index is 13.9. The van der Waals surface area contributed by atoms with Crippen LogP contribution in [-0.2, 0) is 4.79 Å². The zero-order valence-electron chi connectivity index (χ0n) is 16.6. The Balaban J connectivity index is 1.65. The molecule has 0 aliphatic carbocycles. The van der Waals surface area contributed by atoms with Crippen molar-refractivity contribution in [3.05, 3.63) is 54.3 Å². The van der Waals surface area contributed by atoms with E-state index in [0.29, 0.717) is 21.8 Å². The summed E-state index contributed by atoms with van der Waals surface area (Å²) in [7, 11) is 0. The zero-order chi connectivity index (χ0) is 20.4. The van der Waals surface area contributed by atoms with Gasteiger partial charge >= 0.3 is 0 Å². The van der Waals surface area contributed by atoms with Crippen LogP contribution in [0.4, 0.5) is 4.39 Å². The summed E-state index contributed by atoms with van der Waals surface area (Å²) in [6.45, 7) is 4.22. The van der Waals surface area contributed by atoms with Crippen LogP contribution in [0.5, 0.6) is 0 Å². The van der Waals surface area contributed by atoms with Crippen LogP contribution in [0.3, 0.4) is 0 Å². The predicted molar refractivity (Wildman–Crippen MR) is 115 cm³/mol. The van der Waals surface area contributed by atoms with E-state index in [1.807, 2.05) is 35.2 Å². The highest BCUT2D eigenvalue weighted by Gasteiger charge is 2.29. The summed E-state index contributed by atoms with van der Waals surface area (Å²) in [4.78, 5) is 24.2. The van der Waals surface area contributed by atoms with Crippen molar-refractivity contribution in [3.8, 4) is 11.4 Å². The molecule has 0 saturated carbocycles. The molecule has 1 amide bonds. The van der Waals surface area contributed by atoms with Crippen LogP contribution < -0.4 is 0 Å². The molecular formula is C23H24FN3OS. The molecule has 29 heavy (non-hydrogen) atoms. The molecule has 4 rings (SSSR count). The lowest BCUT2D eigenvalue weighted by atomic mass is 9.98. The van der Waals surface area contributed by atoms with E-state index in [1.54, 1.807) is 6.07 Å². The second-order valence-electron chi connectivity index (χ2n) is 7.60. The van der Waals surface area contributed by atoms with E-state index >= 15 is 0 Å². The topological polar surface area (TPSA) is 46.1 Å². The number of carbonyl (C=O) groups excluding carboxylic acids is 1. The second-order valence-corrected chi connectivity index (χ2v) is 8.56. The molecule has 1 aromatic heterocycles. The number of hydrogen-bond acceptors (Lipinski definition) is 4. The standard InChI is InChI=1S/C23H24FN3OS/c1-15-7-6-8-16(2)27(15)21(28)14-29-23-19-13-18(24)11-12-20(19)25-22(26-23)17-9-4-3-5-10-17/h3-5,9-13,15-16H,6-8,14H2,1-2H3. The van der Waals surface area contributed by atoms with Gasteiger partial charge in [-0.15, -0.1) is 0 Å². The average molecular weight is 410 g/mol. The number of likely N-dealkylation sites (tertiary alicyclic amines) is 1. The summed E-state index contributed by atoms with van der Waals surface area (Å²) in [5.74, 6) is 0.643. The van der Waals surface area contributed by atoms with Gasteiger partial charge in [0.1, 0.15) is 10.8 Å². The average Bonchev–Trinajstić information content (AvgIpc) is 2.72. The van der Waals surface area contributed by atoms with Crippen molar-refractivity contribution >= 4 is 28.6 Å². The summed E-state index contributed by atoms with van der Waals surface area (Å²) in [6.07, 6.45) is 3.25. The normalized spacial score (nSPS) is 19.5. The minimum atomic E-state index is -0.333. The molecule has 1 aliphatic rings. The first-order valence-corrected chi connectivity index (χ1v) is 11.0. The zero-order valence-corrected chi connectivity index (χ0v) is 17.5. The number of halogens is 1. The maximum Gasteiger partial charge on any atom is 0.233 e. The van der Waals surface area contributed by atoms with Crippen LogP contribution in [0.15, 0.2) is 53.6 Å². The number of amides is 1. The van der Waals surface area contributed by atoms with E-state index in [-0.39, 0.29) is 29.6 Å². The molecule has 0 bridgehead atoms. The van der Waals surface area contributed by atoms with E-state index in [0.717, 1.165) is 24.8 Å². The Morgan fingerprint density at radius 3 is 2.55 bits per heavy atom. The Morgan fingerprint density at radius 1 is 1.10 bits per heavy atom. The molecule has 0 N–H and O–H groups in total. The molecule has 4 nitrogen and oxygen atoms in total. The van der Waals surface area contributed by atoms with Gasteiger partial charge in [0.15, 0.2) is 5.82 Å². The van der Waals surface area contributed by atoms with Crippen molar-refractivity contribution in [3.63, 3.8) is 0 Å². The van der Waals surface area contributed by atoms with Gasteiger partial charge < -0.3 is 4.90 Å².